The SMILES string of the molecule is COc1cc(OC)c(-c2cc(N)ccc2F)c(OC)c1. The minimum atomic E-state index is -0.402. The molecule has 0 aliphatic carbocycles. The Kier molecular flexibility index (Phi) is 3.98. The van der Waals surface area contributed by atoms with Crippen molar-refractivity contribution < 1.29 is 18.6 Å². The van der Waals surface area contributed by atoms with Gasteiger partial charge in [-0.05, 0) is 18.2 Å². The van der Waals surface area contributed by atoms with Crippen LogP contribution in [0.1, 0.15) is 0 Å². The van der Waals surface area contributed by atoms with Gasteiger partial charge in [-0.3, -0.25) is 0 Å². The Labute approximate surface area is 116 Å². The fraction of sp³-hybridized carbons (Fsp3) is 0.200. The minimum absolute atomic E-state index is 0.321. The monoisotopic (exact) mass is 277 g/mol. The highest BCUT2D eigenvalue weighted by Crippen LogP contribution is 2.43. The van der Waals surface area contributed by atoms with Crippen LogP contribution in [0.5, 0.6) is 17.2 Å². The molecule has 2 aromatic carbocycles. The van der Waals surface area contributed by atoms with Crippen LogP contribution in [-0.4, -0.2) is 21.3 Å². The van der Waals surface area contributed by atoms with Crippen LogP contribution in [0.4, 0.5) is 10.1 Å². The quantitative estimate of drug-likeness (QED) is 0.872. The van der Waals surface area contributed by atoms with Crippen LogP contribution in [0.3, 0.4) is 0 Å². The molecule has 0 unspecified atom stereocenters. The molecule has 2 aromatic rings. The molecule has 0 amide bonds. The van der Waals surface area contributed by atoms with E-state index in [1.54, 1.807) is 18.2 Å². The summed E-state index contributed by atoms with van der Waals surface area (Å²) in [4.78, 5) is 0. The highest BCUT2D eigenvalue weighted by Gasteiger charge is 2.18. The van der Waals surface area contributed by atoms with E-state index in [1.165, 1.54) is 33.5 Å². The van der Waals surface area contributed by atoms with Gasteiger partial charge in [-0.2, -0.15) is 0 Å². The summed E-state index contributed by atoms with van der Waals surface area (Å²) in [5.74, 6) is 1.06. The van der Waals surface area contributed by atoms with E-state index in [0.29, 0.717) is 34.1 Å². The Bertz CT molecular complexity index is 604. The Morgan fingerprint density at radius 3 is 2.00 bits per heavy atom. The van der Waals surface area contributed by atoms with E-state index in [2.05, 4.69) is 0 Å². The predicted molar refractivity (Wildman–Crippen MR) is 75.9 cm³/mol. The average Bonchev–Trinajstić information content (AvgIpc) is 2.48. The first kappa shape index (κ1) is 14.0. The molecule has 2 rings (SSSR count). The summed E-state index contributed by atoms with van der Waals surface area (Å²) < 4.78 is 29.9. The number of halogens is 1. The van der Waals surface area contributed by atoms with E-state index >= 15 is 0 Å². The molecule has 0 saturated carbocycles. The average molecular weight is 277 g/mol. The lowest BCUT2D eigenvalue weighted by atomic mass is 10.0. The summed E-state index contributed by atoms with van der Waals surface area (Å²) in [5, 5.41) is 0. The van der Waals surface area contributed by atoms with Crippen molar-refractivity contribution in [3.05, 3.63) is 36.1 Å². The lowest BCUT2D eigenvalue weighted by Crippen LogP contribution is -1.97. The highest BCUT2D eigenvalue weighted by molar-refractivity contribution is 5.80. The van der Waals surface area contributed by atoms with Gasteiger partial charge in [-0.25, -0.2) is 4.39 Å². The summed E-state index contributed by atoms with van der Waals surface area (Å²) in [5.41, 5.74) is 7.01. The summed E-state index contributed by atoms with van der Waals surface area (Å²) in [6, 6.07) is 7.69. The Hall–Kier alpha value is -2.43. The Balaban J connectivity index is 2.74. The normalized spacial score (nSPS) is 10.2. The molecule has 0 heterocycles. The third-order valence-corrected chi connectivity index (χ3v) is 2.97. The summed E-state index contributed by atoms with van der Waals surface area (Å²) >= 11 is 0. The number of hydrogen-bond donors (Lipinski definition) is 1. The predicted octanol–water partition coefficient (Wildman–Crippen LogP) is 3.10. The van der Waals surface area contributed by atoms with E-state index in [-0.39, 0.29) is 0 Å². The van der Waals surface area contributed by atoms with E-state index in [4.69, 9.17) is 19.9 Å². The Morgan fingerprint density at radius 1 is 0.900 bits per heavy atom. The molecule has 5 heteroatoms. The molecule has 0 fully saturated rings. The number of anilines is 1. The van der Waals surface area contributed by atoms with Crippen LogP contribution in [0, 0.1) is 5.82 Å². The van der Waals surface area contributed by atoms with Crippen molar-refractivity contribution in [1.82, 2.24) is 0 Å². The number of methoxy groups -OCH3 is 3. The number of nitrogens with two attached hydrogens (primary N) is 1. The second kappa shape index (κ2) is 5.69. The van der Waals surface area contributed by atoms with E-state index in [0.717, 1.165) is 0 Å². The zero-order valence-electron chi connectivity index (χ0n) is 11.6. The standard InChI is InChI=1S/C15H16FNO3/c1-18-10-7-13(19-2)15(14(8-10)20-3)11-6-9(17)4-5-12(11)16/h4-8H,17H2,1-3H3. The molecule has 0 spiro atoms. The zero-order valence-corrected chi connectivity index (χ0v) is 11.6. The molecule has 0 saturated heterocycles. The van der Waals surface area contributed by atoms with E-state index < -0.39 is 5.82 Å². The van der Waals surface area contributed by atoms with Gasteiger partial charge in [-0.1, -0.05) is 0 Å². The second-order valence-corrected chi connectivity index (χ2v) is 4.15. The molecule has 0 aliphatic heterocycles. The van der Waals surface area contributed by atoms with Crippen LogP contribution < -0.4 is 19.9 Å². The van der Waals surface area contributed by atoms with E-state index in [1.807, 2.05) is 0 Å². The van der Waals surface area contributed by atoms with Crippen molar-refractivity contribution >= 4 is 5.69 Å². The number of nitrogen functional groups attached to an aromatic ring is 1. The molecule has 0 atom stereocenters. The maximum Gasteiger partial charge on any atom is 0.134 e. The van der Waals surface area contributed by atoms with Crippen LogP contribution >= 0.6 is 0 Å². The van der Waals surface area contributed by atoms with Gasteiger partial charge in [0.05, 0.1) is 26.9 Å². The maximum absolute atomic E-state index is 14.1. The fourth-order valence-corrected chi connectivity index (χ4v) is 2.01. The third kappa shape index (κ3) is 2.47. The van der Waals surface area contributed by atoms with Gasteiger partial charge in [0.25, 0.3) is 0 Å². The van der Waals surface area contributed by atoms with Gasteiger partial charge in [0, 0.05) is 23.4 Å². The smallest absolute Gasteiger partial charge is 0.134 e. The Morgan fingerprint density at radius 2 is 1.50 bits per heavy atom. The summed E-state index contributed by atoms with van der Waals surface area (Å²) in [7, 11) is 4.54. The number of rotatable bonds is 4. The summed E-state index contributed by atoms with van der Waals surface area (Å²) in [6.45, 7) is 0. The first-order valence-corrected chi connectivity index (χ1v) is 5.96. The molecular weight excluding hydrogens is 261 g/mol. The topological polar surface area (TPSA) is 53.7 Å². The van der Waals surface area contributed by atoms with Crippen molar-refractivity contribution in [3.8, 4) is 28.4 Å². The lowest BCUT2D eigenvalue weighted by Gasteiger charge is -2.16. The van der Waals surface area contributed by atoms with E-state index in [9.17, 15) is 4.39 Å². The molecule has 20 heavy (non-hydrogen) atoms. The van der Waals surface area contributed by atoms with Crippen molar-refractivity contribution in [3.63, 3.8) is 0 Å². The van der Waals surface area contributed by atoms with Gasteiger partial charge in [0.1, 0.15) is 23.1 Å². The van der Waals surface area contributed by atoms with Gasteiger partial charge >= 0.3 is 0 Å². The van der Waals surface area contributed by atoms with Crippen LogP contribution in [-0.2, 0) is 0 Å². The van der Waals surface area contributed by atoms with Crippen molar-refractivity contribution in [1.29, 1.82) is 0 Å². The largest absolute Gasteiger partial charge is 0.496 e. The third-order valence-electron chi connectivity index (χ3n) is 2.97. The second-order valence-electron chi connectivity index (χ2n) is 4.15. The molecule has 2 N–H and O–H groups in total. The summed E-state index contributed by atoms with van der Waals surface area (Å²) in [6.07, 6.45) is 0. The van der Waals surface area contributed by atoms with Gasteiger partial charge < -0.3 is 19.9 Å². The fourth-order valence-electron chi connectivity index (χ4n) is 2.01. The maximum atomic E-state index is 14.1. The van der Waals surface area contributed by atoms with Gasteiger partial charge in [-0.15, -0.1) is 0 Å². The minimum Gasteiger partial charge on any atom is -0.496 e. The molecule has 0 bridgehead atoms. The first-order valence-electron chi connectivity index (χ1n) is 5.96. The molecule has 106 valence electrons. The van der Waals surface area contributed by atoms with Gasteiger partial charge in [0.2, 0.25) is 0 Å². The molecule has 0 aromatic heterocycles. The van der Waals surface area contributed by atoms with Crippen LogP contribution in [0.25, 0.3) is 11.1 Å². The zero-order chi connectivity index (χ0) is 14.7. The van der Waals surface area contributed by atoms with Crippen LogP contribution in [0.15, 0.2) is 30.3 Å². The van der Waals surface area contributed by atoms with Crippen molar-refractivity contribution in [2.45, 2.75) is 0 Å². The van der Waals surface area contributed by atoms with Crippen molar-refractivity contribution in [2.24, 2.45) is 0 Å². The first-order chi connectivity index (χ1) is 9.60. The molecular formula is C15H16FNO3. The lowest BCUT2D eigenvalue weighted by molar-refractivity contribution is 0.377. The molecule has 0 radical (unpaired) electrons. The number of benzene rings is 2. The molecule has 4 nitrogen and oxygen atoms in total. The van der Waals surface area contributed by atoms with Gasteiger partial charge in [0.15, 0.2) is 0 Å². The highest BCUT2D eigenvalue weighted by atomic mass is 19.1. The van der Waals surface area contributed by atoms with Crippen molar-refractivity contribution in [2.75, 3.05) is 27.1 Å². The number of hydrogen-bond acceptors (Lipinski definition) is 4. The van der Waals surface area contributed by atoms with Crippen LogP contribution in [0.2, 0.25) is 0 Å². The molecule has 0 aliphatic rings. The number of ether oxygens (including phenoxy) is 3.